The van der Waals surface area contributed by atoms with Crippen LogP contribution >= 0.6 is 0 Å². The average Bonchev–Trinajstić information content (AvgIpc) is 2.32. The van der Waals surface area contributed by atoms with Crippen LogP contribution in [0.15, 0.2) is 11.6 Å². The van der Waals surface area contributed by atoms with Gasteiger partial charge in [-0.05, 0) is 32.2 Å². The Morgan fingerprint density at radius 1 is 1.64 bits per heavy atom. The van der Waals surface area contributed by atoms with Gasteiger partial charge < -0.3 is 4.74 Å². The molecule has 0 radical (unpaired) electrons. The summed E-state index contributed by atoms with van der Waals surface area (Å²) in [7, 11) is 0. The average molecular weight is 151 g/mol. The van der Waals surface area contributed by atoms with Crippen molar-refractivity contribution in [3.05, 3.63) is 6.58 Å². The van der Waals surface area contributed by atoms with Crippen molar-refractivity contribution in [2.75, 3.05) is 0 Å². The van der Waals surface area contributed by atoms with Gasteiger partial charge in [-0.25, -0.2) is 4.99 Å². The van der Waals surface area contributed by atoms with Gasteiger partial charge in [0.15, 0.2) is 5.72 Å². The molecule has 0 spiro atoms. The molecule has 0 bridgehead atoms. The lowest BCUT2D eigenvalue weighted by Gasteiger charge is -2.46. The number of hydrogen-bond acceptors (Lipinski definition) is 2. The maximum Gasteiger partial charge on any atom is 0.170 e. The summed E-state index contributed by atoms with van der Waals surface area (Å²) in [5, 5.41) is 0. The first kappa shape index (κ1) is 7.08. The fraction of sp³-hybridized carbons (Fsp3) is 0.778. The van der Waals surface area contributed by atoms with Gasteiger partial charge in [-0.15, -0.1) is 0 Å². The topological polar surface area (TPSA) is 21.6 Å². The Morgan fingerprint density at radius 3 is 3.09 bits per heavy atom. The molecule has 3 atom stereocenters. The minimum Gasteiger partial charge on any atom is -0.349 e. The molecular weight excluding hydrogens is 138 g/mol. The Morgan fingerprint density at radius 2 is 2.45 bits per heavy atom. The maximum atomic E-state index is 5.62. The summed E-state index contributed by atoms with van der Waals surface area (Å²) in [6, 6.07) is 0. The highest BCUT2D eigenvalue weighted by Gasteiger charge is 2.54. The lowest BCUT2D eigenvalue weighted by molar-refractivity contribution is -0.231. The second-order valence-electron chi connectivity index (χ2n) is 3.52. The van der Waals surface area contributed by atoms with Crippen molar-refractivity contribution in [1.29, 1.82) is 0 Å². The minimum absolute atomic E-state index is 0.275. The maximum absolute atomic E-state index is 5.62. The Bertz CT molecular complexity index is 220. The van der Waals surface area contributed by atoms with E-state index in [4.69, 9.17) is 4.74 Å². The van der Waals surface area contributed by atoms with E-state index in [1.807, 2.05) is 6.92 Å². The molecule has 0 N–H and O–H groups in total. The quantitative estimate of drug-likeness (QED) is 0.523. The van der Waals surface area contributed by atoms with E-state index in [0.29, 0.717) is 12.0 Å². The van der Waals surface area contributed by atoms with Gasteiger partial charge in [-0.2, -0.15) is 0 Å². The summed E-state index contributed by atoms with van der Waals surface area (Å²) in [6.45, 7) is 5.50. The van der Waals surface area contributed by atoms with Gasteiger partial charge in [0.25, 0.3) is 0 Å². The predicted octanol–water partition coefficient (Wildman–Crippen LogP) is 1.76. The second-order valence-corrected chi connectivity index (χ2v) is 3.52. The number of fused-ring (bicyclic) bond motifs is 1. The Kier molecular flexibility index (Phi) is 1.41. The molecule has 0 aromatic carbocycles. The fourth-order valence-electron chi connectivity index (χ4n) is 2.27. The molecule has 0 aromatic rings. The highest BCUT2D eigenvalue weighted by molar-refractivity contribution is 5.47. The monoisotopic (exact) mass is 151 g/mol. The standard InChI is InChI=1S/C9H13NO/c1-3-10-9(2)7-5-4-6-8(7)11-9/h7-8H,1,4-6H2,2H3. The first-order valence-electron chi connectivity index (χ1n) is 4.18. The molecule has 2 aliphatic rings. The first-order valence-corrected chi connectivity index (χ1v) is 4.18. The van der Waals surface area contributed by atoms with E-state index in [0.717, 1.165) is 0 Å². The van der Waals surface area contributed by atoms with Crippen LogP contribution in [0.5, 0.6) is 0 Å². The lowest BCUT2D eigenvalue weighted by atomic mass is 9.87. The molecule has 1 aliphatic carbocycles. The zero-order chi connectivity index (χ0) is 7.90. The molecule has 1 saturated heterocycles. The summed E-state index contributed by atoms with van der Waals surface area (Å²) in [5.41, 5.74) is -0.275. The molecule has 2 fully saturated rings. The molecule has 60 valence electrons. The van der Waals surface area contributed by atoms with E-state index in [1.54, 1.807) is 0 Å². The zero-order valence-corrected chi connectivity index (χ0v) is 6.84. The number of ether oxygens (including phenoxy) is 1. The molecule has 2 heteroatoms. The largest absolute Gasteiger partial charge is 0.349 e. The van der Waals surface area contributed by atoms with Gasteiger partial charge in [0.05, 0.1) is 6.10 Å². The van der Waals surface area contributed by atoms with Crippen LogP contribution in [-0.4, -0.2) is 17.7 Å². The van der Waals surface area contributed by atoms with Crippen LogP contribution in [0.25, 0.3) is 0 Å². The summed E-state index contributed by atoms with van der Waals surface area (Å²) in [5.74, 6) is 3.21. The minimum atomic E-state index is -0.275. The summed E-state index contributed by atoms with van der Waals surface area (Å²) >= 11 is 0. The summed E-state index contributed by atoms with van der Waals surface area (Å²) < 4.78 is 5.62. The van der Waals surface area contributed by atoms with Gasteiger partial charge in [0.1, 0.15) is 0 Å². The van der Waals surface area contributed by atoms with Crippen LogP contribution in [0.1, 0.15) is 26.2 Å². The van der Waals surface area contributed by atoms with E-state index in [2.05, 4.69) is 17.4 Å². The highest BCUT2D eigenvalue weighted by Crippen LogP contribution is 2.49. The molecular formula is C9H13NO. The molecule has 11 heavy (non-hydrogen) atoms. The zero-order valence-electron chi connectivity index (χ0n) is 6.84. The van der Waals surface area contributed by atoms with E-state index >= 15 is 0 Å². The third-order valence-electron chi connectivity index (χ3n) is 2.83. The van der Waals surface area contributed by atoms with E-state index < -0.39 is 0 Å². The van der Waals surface area contributed by atoms with Crippen LogP contribution in [0.4, 0.5) is 0 Å². The number of aliphatic imine (C=N–C) groups is 1. The van der Waals surface area contributed by atoms with Gasteiger partial charge in [0, 0.05) is 5.92 Å². The lowest BCUT2D eigenvalue weighted by Crippen LogP contribution is -2.54. The third kappa shape index (κ3) is 0.867. The smallest absolute Gasteiger partial charge is 0.170 e. The molecule has 1 heterocycles. The second kappa shape index (κ2) is 2.20. The highest BCUT2D eigenvalue weighted by atomic mass is 16.6. The van der Waals surface area contributed by atoms with Gasteiger partial charge >= 0.3 is 0 Å². The number of rotatable bonds is 1. The molecule has 3 unspecified atom stereocenters. The van der Waals surface area contributed by atoms with Crippen LogP contribution in [0, 0.1) is 5.92 Å². The van der Waals surface area contributed by atoms with Gasteiger partial charge in [-0.3, -0.25) is 0 Å². The Balaban J connectivity index is 2.13. The first-order chi connectivity index (χ1) is 5.26. The van der Waals surface area contributed by atoms with Crippen LogP contribution in [0.3, 0.4) is 0 Å². The summed E-state index contributed by atoms with van der Waals surface area (Å²) in [4.78, 5) is 4.12. The molecule has 0 amide bonds. The van der Waals surface area contributed by atoms with E-state index in [1.165, 1.54) is 19.3 Å². The molecule has 0 aromatic heterocycles. The fourth-order valence-corrected chi connectivity index (χ4v) is 2.27. The molecule has 1 aliphatic heterocycles. The van der Waals surface area contributed by atoms with Gasteiger partial charge in [0.2, 0.25) is 0 Å². The van der Waals surface area contributed by atoms with Gasteiger partial charge in [-0.1, -0.05) is 6.42 Å². The molecule has 2 rings (SSSR count). The van der Waals surface area contributed by atoms with Crippen molar-refractivity contribution in [2.24, 2.45) is 10.9 Å². The van der Waals surface area contributed by atoms with Crippen molar-refractivity contribution in [3.63, 3.8) is 0 Å². The SMILES string of the molecule is C=C=NC1(C)OC2CCCC21. The van der Waals surface area contributed by atoms with Crippen LogP contribution in [-0.2, 0) is 4.74 Å². The van der Waals surface area contributed by atoms with E-state index in [-0.39, 0.29) is 5.72 Å². The van der Waals surface area contributed by atoms with E-state index in [9.17, 15) is 0 Å². The number of nitrogens with zero attached hydrogens (tertiary/aromatic N) is 1. The van der Waals surface area contributed by atoms with Crippen molar-refractivity contribution in [3.8, 4) is 0 Å². The molecule has 1 saturated carbocycles. The van der Waals surface area contributed by atoms with Crippen molar-refractivity contribution < 1.29 is 4.74 Å². The number of hydrogen-bond donors (Lipinski definition) is 0. The van der Waals surface area contributed by atoms with Crippen molar-refractivity contribution >= 4 is 5.87 Å². The summed E-state index contributed by atoms with van der Waals surface area (Å²) in [6.07, 6.45) is 4.24. The van der Waals surface area contributed by atoms with Crippen molar-refractivity contribution in [1.82, 2.24) is 0 Å². The normalized spacial score (nSPS) is 47.4. The van der Waals surface area contributed by atoms with Crippen LogP contribution in [0.2, 0.25) is 0 Å². The predicted molar refractivity (Wildman–Crippen MR) is 43.7 cm³/mol. The van der Waals surface area contributed by atoms with Crippen LogP contribution < -0.4 is 0 Å². The Hall–Kier alpha value is -0.590. The third-order valence-corrected chi connectivity index (χ3v) is 2.83. The van der Waals surface area contributed by atoms with Crippen molar-refractivity contribution in [2.45, 2.75) is 38.0 Å². The molecule has 2 nitrogen and oxygen atoms in total. The Labute approximate surface area is 67.0 Å².